The van der Waals surface area contributed by atoms with Crippen molar-refractivity contribution in [2.75, 3.05) is 13.7 Å². The predicted octanol–water partition coefficient (Wildman–Crippen LogP) is 2.30. The van der Waals surface area contributed by atoms with Crippen LogP contribution in [0.25, 0.3) is 0 Å². The summed E-state index contributed by atoms with van der Waals surface area (Å²) in [7, 11) is -2.06. The Morgan fingerprint density at radius 3 is 2.54 bits per heavy atom. The molecule has 2 aromatic rings. The van der Waals surface area contributed by atoms with E-state index in [1.165, 1.54) is 0 Å². The molecule has 0 aliphatic carbocycles. The molecule has 0 spiro atoms. The van der Waals surface area contributed by atoms with Gasteiger partial charge >= 0.3 is 0 Å². The summed E-state index contributed by atoms with van der Waals surface area (Å²) in [6.45, 7) is 4.02. The summed E-state index contributed by atoms with van der Waals surface area (Å²) < 4.78 is 32.4. The molecule has 2 rings (SSSR count). The normalized spacial score (nSPS) is 11.2. The van der Waals surface area contributed by atoms with E-state index in [1.807, 2.05) is 37.3 Å². The van der Waals surface area contributed by atoms with Gasteiger partial charge in [-0.15, -0.1) is 0 Å². The van der Waals surface area contributed by atoms with Crippen LogP contribution in [-0.2, 0) is 21.4 Å². The zero-order chi connectivity index (χ0) is 19.2. The van der Waals surface area contributed by atoms with Gasteiger partial charge < -0.3 is 10.1 Å². The number of carbonyl (C=O) groups is 1. The third kappa shape index (κ3) is 5.31. The summed E-state index contributed by atoms with van der Waals surface area (Å²) in [4.78, 5) is 12.2. The number of rotatable bonds is 8. The van der Waals surface area contributed by atoms with E-state index in [2.05, 4.69) is 10.0 Å². The maximum atomic E-state index is 12.3. The molecule has 0 unspecified atom stereocenters. The number of hydrogen-bond acceptors (Lipinski definition) is 4. The average Bonchev–Trinajstić information content (AvgIpc) is 2.59. The second-order valence-corrected chi connectivity index (χ2v) is 7.74. The van der Waals surface area contributed by atoms with Crippen LogP contribution in [0, 0.1) is 13.8 Å². The van der Waals surface area contributed by atoms with E-state index in [0.29, 0.717) is 17.9 Å². The monoisotopic (exact) mass is 376 g/mol. The average molecular weight is 376 g/mol. The quantitative estimate of drug-likeness (QED) is 0.740. The van der Waals surface area contributed by atoms with Gasteiger partial charge in [0.2, 0.25) is 15.9 Å². The minimum atomic E-state index is -3.63. The van der Waals surface area contributed by atoms with E-state index in [0.717, 1.165) is 11.1 Å². The van der Waals surface area contributed by atoms with Gasteiger partial charge in [0.25, 0.3) is 0 Å². The second kappa shape index (κ2) is 8.82. The zero-order valence-corrected chi connectivity index (χ0v) is 16.0. The van der Waals surface area contributed by atoms with Crippen molar-refractivity contribution in [3.05, 3.63) is 59.2 Å². The van der Waals surface area contributed by atoms with Crippen molar-refractivity contribution in [1.29, 1.82) is 0 Å². The molecule has 140 valence electrons. The summed E-state index contributed by atoms with van der Waals surface area (Å²) in [6.07, 6.45) is 0.0548. The molecule has 7 heteroatoms. The fraction of sp³-hybridized carbons (Fsp3) is 0.316. The number of nitrogens with one attached hydrogen (secondary N) is 2. The number of methoxy groups -OCH3 is 1. The molecule has 2 N–H and O–H groups in total. The molecule has 0 bridgehead atoms. The largest absolute Gasteiger partial charge is 0.496 e. The number of para-hydroxylation sites is 1. The lowest BCUT2D eigenvalue weighted by Gasteiger charge is -2.11. The molecule has 0 aliphatic heterocycles. The molecular formula is C19H24N2O4S. The first kappa shape index (κ1) is 19.9. The van der Waals surface area contributed by atoms with Crippen LogP contribution in [0.5, 0.6) is 5.75 Å². The Balaban J connectivity index is 1.86. The Morgan fingerprint density at radius 2 is 1.85 bits per heavy atom. The van der Waals surface area contributed by atoms with Crippen LogP contribution in [0.15, 0.2) is 47.4 Å². The number of carbonyl (C=O) groups excluding carboxylic acids is 1. The first-order chi connectivity index (χ1) is 12.3. The number of amides is 1. The van der Waals surface area contributed by atoms with E-state index >= 15 is 0 Å². The highest BCUT2D eigenvalue weighted by atomic mass is 32.2. The molecule has 0 saturated carbocycles. The van der Waals surface area contributed by atoms with E-state index in [9.17, 15) is 13.2 Å². The summed E-state index contributed by atoms with van der Waals surface area (Å²) in [5, 5.41) is 2.76. The van der Waals surface area contributed by atoms with Crippen molar-refractivity contribution < 1.29 is 17.9 Å². The van der Waals surface area contributed by atoms with Gasteiger partial charge in [-0.25, -0.2) is 13.1 Å². The van der Waals surface area contributed by atoms with Crippen molar-refractivity contribution in [2.45, 2.75) is 31.7 Å². The minimum absolute atomic E-state index is 0.0351. The van der Waals surface area contributed by atoms with Crippen molar-refractivity contribution in [3.63, 3.8) is 0 Å². The Morgan fingerprint density at radius 1 is 1.12 bits per heavy atom. The lowest BCUT2D eigenvalue weighted by molar-refractivity contribution is -0.121. The fourth-order valence-electron chi connectivity index (χ4n) is 2.61. The van der Waals surface area contributed by atoms with Crippen LogP contribution >= 0.6 is 0 Å². The smallest absolute Gasteiger partial charge is 0.240 e. The van der Waals surface area contributed by atoms with Gasteiger partial charge in [-0.3, -0.25) is 4.79 Å². The van der Waals surface area contributed by atoms with Crippen LogP contribution in [0.2, 0.25) is 0 Å². The molecule has 0 saturated heterocycles. The van der Waals surface area contributed by atoms with Crippen molar-refractivity contribution in [2.24, 2.45) is 0 Å². The van der Waals surface area contributed by atoms with Crippen LogP contribution in [0.4, 0.5) is 0 Å². The van der Waals surface area contributed by atoms with Crippen LogP contribution in [-0.4, -0.2) is 28.0 Å². The third-order valence-electron chi connectivity index (χ3n) is 3.93. The molecule has 26 heavy (non-hydrogen) atoms. The molecule has 0 fully saturated rings. The van der Waals surface area contributed by atoms with E-state index in [-0.39, 0.29) is 23.8 Å². The number of hydrogen-bond donors (Lipinski definition) is 2. The Labute approximate surface area is 154 Å². The van der Waals surface area contributed by atoms with Gasteiger partial charge in [0, 0.05) is 25.1 Å². The Hall–Kier alpha value is -2.38. The molecular weight excluding hydrogens is 352 g/mol. The zero-order valence-electron chi connectivity index (χ0n) is 15.2. The summed E-state index contributed by atoms with van der Waals surface area (Å²) in [5.74, 6) is 0.461. The number of benzene rings is 2. The molecule has 0 heterocycles. The number of ether oxygens (including phenoxy) is 1. The topological polar surface area (TPSA) is 84.5 Å². The first-order valence-electron chi connectivity index (χ1n) is 8.29. The molecule has 0 aromatic heterocycles. The molecule has 0 aliphatic rings. The van der Waals surface area contributed by atoms with Crippen LogP contribution in [0.3, 0.4) is 0 Å². The predicted molar refractivity (Wildman–Crippen MR) is 101 cm³/mol. The molecule has 0 radical (unpaired) electrons. The van der Waals surface area contributed by atoms with Gasteiger partial charge in [0.1, 0.15) is 5.75 Å². The van der Waals surface area contributed by atoms with Gasteiger partial charge in [-0.1, -0.05) is 35.9 Å². The van der Waals surface area contributed by atoms with Gasteiger partial charge in [-0.2, -0.15) is 0 Å². The van der Waals surface area contributed by atoms with E-state index < -0.39 is 10.0 Å². The number of sulfonamides is 1. The Kier molecular flexibility index (Phi) is 6.76. The number of aryl methyl sites for hydroxylation is 2. The SMILES string of the molecule is COc1ccccc1CNC(=O)CCNS(=O)(=O)c1ccc(C)cc1C. The lowest BCUT2D eigenvalue weighted by Crippen LogP contribution is -2.31. The van der Waals surface area contributed by atoms with Crippen molar-refractivity contribution in [3.8, 4) is 5.75 Å². The van der Waals surface area contributed by atoms with Crippen LogP contribution < -0.4 is 14.8 Å². The second-order valence-electron chi connectivity index (χ2n) is 6.01. The molecule has 1 amide bonds. The lowest BCUT2D eigenvalue weighted by atomic mass is 10.2. The summed E-state index contributed by atoms with van der Waals surface area (Å²) >= 11 is 0. The first-order valence-corrected chi connectivity index (χ1v) is 9.77. The van der Waals surface area contributed by atoms with Gasteiger partial charge in [0.15, 0.2) is 0 Å². The van der Waals surface area contributed by atoms with Gasteiger partial charge in [-0.05, 0) is 31.5 Å². The molecule has 0 atom stereocenters. The van der Waals surface area contributed by atoms with E-state index in [4.69, 9.17) is 4.74 Å². The molecule has 2 aromatic carbocycles. The third-order valence-corrected chi connectivity index (χ3v) is 5.55. The Bertz CT molecular complexity index is 879. The fourth-order valence-corrected chi connectivity index (χ4v) is 3.87. The van der Waals surface area contributed by atoms with Crippen molar-refractivity contribution >= 4 is 15.9 Å². The molecule has 6 nitrogen and oxygen atoms in total. The highest BCUT2D eigenvalue weighted by molar-refractivity contribution is 7.89. The maximum Gasteiger partial charge on any atom is 0.240 e. The van der Waals surface area contributed by atoms with Crippen molar-refractivity contribution in [1.82, 2.24) is 10.0 Å². The minimum Gasteiger partial charge on any atom is -0.496 e. The summed E-state index contributed by atoms with van der Waals surface area (Å²) in [6, 6.07) is 12.5. The highest BCUT2D eigenvalue weighted by Gasteiger charge is 2.16. The summed E-state index contributed by atoms with van der Waals surface area (Å²) in [5.41, 5.74) is 2.54. The highest BCUT2D eigenvalue weighted by Crippen LogP contribution is 2.17. The van der Waals surface area contributed by atoms with Gasteiger partial charge in [0.05, 0.1) is 12.0 Å². The maximum absolute atomic E-state index is 12.3. The van der Waals surface area contributed by atoms with Crippen LogP contribution in [0.1, 0.15) is 23.1 Å². The standard InChI is InChI=1S/C19H24N2O4S/c1-14-8-9-18(15(2)12-14)26(23,24)21-11-10-19(22)20-13-16-6-4-5-7-17(16)25-3/h4-9,12,21H,10-11,13H2,1-3H3,(H,20,22). The van der Waals surface area contributed by atoms with E-state index in [1.54, 1.807) is 26.2 Å².